The first kappa shape index (κ1) is 47.7. The van der Waals surface area contributed by atoms with Crippen molar-refractivity contribution in [2.24, 2.45) is 0 Å². The van der Waals surface area contributed by atoms with E-state index in [9.17, 15) is 52.7 Å². The van der Waals surface area contributed by atoms with E-state index in [1.807, 2.05) is 51.4 Å². The molecule has 0 saturated carbocycles. The smallest absolute Gasteiger partial charge is 0.280 e. The normalized spacial score (nSPS) is 11.8. The fraction of sp³-hybridized carbons (Fsp3) is 0.128. The van der Waals surface area contributed by atoms with Crippen molar-refractivity contribution in [3.05, 3.63) is 171 Å². The molecule has 0 aliphatic carbocycles. The summed E-state index contributed by atoms with van der Waals surface area (Å²) in [6, 6.07) is 10.3. The summed E-state index contributed by atoms with van der Waals surface area (Å²) in [5.41, 5.74) is -13.3. The molecule has 0 amide bonds. The summed E-state index contributed by atoms with van der Waals surface area (Å²) in [5, 5.41) is 0. The molecule has 0 radical (unpaired) electrons. The fourth-order valence-electron chi connectivity index (χ4n) is 6.54. The van der Waals surface area contributed by atoms with Gasteiger partial charge in [0.2, 0.25) is 6.20 Å². The first-order valence-electron chi connectivity index (χ1n) is 17.0. The minimum Gasteiger partial charge on any atom is -0.468 e. The molecule has 5 aromatic carbocycles. The van der Waals surface area contributed by atoms with Crippen molar-refractivity contribution in [2.45, 2.75) is 32.9 Å². The van der Waals surface area contributed by atoms with Crippen LogP contribution < -0.4 is 31.2 Å². The highest BCUT2D eigenvalue weighted by atomic mass is 19.2. The minimum absolute atomic E-state index is 0.223. The molecule has 6 aromatic rings. The molecular weight excluding hydrogens is 903 g/mol. The van der Waals surface area contributed by atoms with Crippen LogP contribution in [0.25, 0.3) is 0 Å². The Morgan fingerprint density at radius 2 is 0.698 bits per heavy atom. The molecule has 1 heterocycles. The van der Waals surface area contributed by atoms with Gasteiger partial charge < -0.3 is 4.74 Å². The van der Waals surface area contributed by atoms with Crippen LogP contribution in [0.4, 0.5) is 87.8 Å². The van der Waals surface area contributed by atoms with E-state index < -0.39 is 144 Å². The summed E-state index contributed by atoms with van der Waals surface area (Å²) in [7, 11) is 0. The van der Waals surface area contributed by atoms with Crippen molar-refractivity contribution in [3.8, 4) is 5.88 Å². The van der Waals surface area contributed by atoms with Crippen molar-refractivity contribution in [2.75, 3.05) is 0 Å². The lowest BCUT2D eigenvalue weighted by atomic mass is 9.12. The molecule has 6 rings (SSSR count). The first-order chi connectivity index (χ1) is 29.2. The summed E-state index contributed by atoms with van der Waals surface area (Å²) in [5.74, 6) is -70.8. The lowest BCUT2D eigenvalue weighted by molar-refractivity contribution is -0.689. The van der Waals surface area contributed by atoms with Crippen LogP contribution in [-0.2, 0) is 6.54 Å². The summed E-state index contributed by atoms with van der Waals surface area (Å²) in [6.07, 6.45) is -1.57. The highest BCUT2D eigenvalue weighted by Crippen LogP contribution is 2.31. The van der Waals surface area contributed by atoms with E-state index >= 15 is 35.1 Å². The van der Waals surface area contributed by atoms with Crippen molar-refractivity contribution < 1.29 is 97.1 Å². The number of ether oxygens (including phenoxy) is 1. The molecule has 0 aliphatic rings. The van der Waals surface area contributed by atoms with Crippen molar-refractivity contribution in [1.29, 1.82) is 0 Å². The highest BCUT2D eigenvalue weighted by Gasteiger charge is 2.52. The number of halogens is 20. The Morgan fingerprint density at radius 3 is 0.968 bits per heavy atom. The van der Waals surface area contributed by atoms with Crippen LogP contribution in [0.3, 0.4) is 0 Å². The summed E-state index contributed by atoms with van der Waals surface area (Å²) in [4.78, 5) is 4.22. The Morgan fingerprint density at radius 1 is 0.429 bits per heavy atom. The van der Waals surface area contributed by atoms with Crippen molar-refractivity contribution >= 4 is 28.0 Å². The van der Waals surface area contributed by atoms with Gasteiger partial charge in [-0.25, -0.2) is 92.8 Å². The lowest BCUT2D eigenvalue weighted by Gasteiger charge is -2.44. The average Bonchev–Trinajstić information content (AvgIpc) is 3.23. The number of hydrogen-bond donors (Lipinski definition) is 0. The van der Waals surface area contributed by atoms with E-state index in [1.165, 1.54) is 5.56 Å². The van der Waals surface area contributed by atoms with Crippen LogP contribution in [0.2, 0.25) is 0 Å². The second-order valence-electron chi connectivity index (χ2n) is 14.1. The maximum atomic E-state index is 15.4. The Kier molecular flexibility index (Phi) is 13.2. The highest BCUT2D eigenvalue weighted by molar-refractivity contribution is 7.20. The molecule has 0 saturated heterocycles. The molecule has 3 nitrogen and oxygen atoms in total. The monoisotopic (exact) mass is 922 g/mol. The van der Waals surface area contributed by atoms with E-state index in [0.29, 0.717) is 5.88 Å². The van der Waals surface area contributed by atoms with Gasteiger partial charge in [0, 0.05) is 5.56 Å². The van der Waals surface area contributed by atoms with Crippen LogP contribution in [0, 0.1) is 116 Å². The van der Waals surface area contributed by atoms with Gasteiger partial charge in [0.1, 0.15) is 58.3 Å². The maximum Gasteiger partial charge on any atom is 0.280 e. The molecule has 1 aromatic heterocycles. The molecule has 0 N–H and O–H groups in total. The van der Waals surface area contributed by atoms with Crippen LogP contribution in [0.1, 0.15) is 26.3 Å². The van der Waals surface area contributed by atoms with E-state index in [2.05, 4.69) is 21.7 Å². The van der Waals surface area contributed by atoms with Crippen molar-refractivity contribution in [1.82, 2.24) is 4.98 Å². The van der Waals surface area contributed by atoms with Crippen molar-refractivity contribution in [3.63, 3.8) is 0 Å². The third-order valence-corrected chi connectivity index (χ3v) is 9.06. The maximum absolute atomic E-state index is 15.4. The standard InChI is InChI=1S/C24BF20.C15H19N2O/c26-5-1(6(27)14(35)21(42)13(5)34)25(2-7(28)15(36)22(43)16(37)8(2)29,3-9(30)17(38)23(44)18(39)10(3)31)4-11(32)19(40)24(45)20(41)12(4)33;1-15(2,3)18-14-12-17(10-9-16-14)11-13-7-5-4-6-8-13/h;4-10,12H,11H2,1-3H3/q-1;+1. The zero-order chi connectivity index (χ0) is 47.4. The molecule has 0 unspecified atom stereocenters. The van der Waals surface area contributed by atoms with Gasteiger partial charge in [-0.15, -0.1) is 21.9 Å². The second kappa shape index (κ2) is 17.4. The molecule has 0 atom stereocenters. The molecule has 0 aliphatic heterocycles. The Bertz CT molecular complexity index is 2400. The SMILES string of the molecule is CC(C)(C)Oc1c[n+](Cc2ccccc2)ccn1.Fc1c(F)c(F)c([B-](c2c(F)c(F)c(F)c(F)c2F)(c2c(F)c(F)c(F)c(F)c2F)c2c(F)c(F)c(F)c(F)c2F)c(F)c1F. The van der Waals surface area contributed by atoms with Gasteiger partial charge in [0.05, 0.1) is 6.20 Å². The van der Waals surface area contributed by atoms with Crippen LogP contribution in [-0.4, -0.2) is 16.7 Å². The van der Waals surface area contributed by atoms with Gasteiger partial charge in [0.25, 0.3) is 5.88 Å². The molecule has 24 heteroatoms. The second-order valence-corrected chi connectivity index (χ2v) is 14.1. The zero-order valence-electron chi connectivity index (χ0n) is 31.3. The predicted octanol–water partition coefficient (Wildman–Crippen LogP) is 8.44. The first-order valence-corrected chi connectivity index (χ1v) is 17.0. The molecule has 0 spiro atoms. The number of benzene rings is 5. The van der Waals surface area contributed by atoms with Gasteiger partial charge in [0.15, 0.2) is 82.5 Å². The number of nitrogens with zero attached hydrogens (tertiary/aromatic N) is 2. The van der Waals surface area contributed by atoms with Gasteiger partial charge >= 0.3 is 0 Å². The third-order valence-electron chi connectivity index (χ3n) is 9.06. The number of rotatable bonds is 7. The van der Waals surface area contributed by atoms with Crippen LogP contribution in [0.15, 0.2) is 48.9 Å². The Balaban J connectivity index is 0.000000345. The van der Waals surface area contributed by atoms with E-state index in [1.54, 1.807) is 6.20 Å². The molecule has 0 fully saturated rings. The van der Waals surface area contributed by atoms with Gasteiger partial charge in [-0.1, -0.05) is 30.3 Å². The zero-order valence-corrected chi connectivity index (χ0v) is 31.3. The fourth-order valence-corrected chi connectivity index (χ4v) is 6.54. The van der Waals surface area contributed by atoms with Crippen LogP contribution in [0.5, 0.6) is 5.88 Å². The lowest BCUT2D eigenvalue weighted by Crippen LogP contribution is -2.81. The molecular formula is C39H19BF20N2O. The van der Waals surface area contributed by atoms with Gasteiger partial charge in [-0.3, -0.25) is 0 Å². The summed E-state index contributed by atoms with van der Waals surface area (Å²) < 4.78 is 302. The van der Waals surface area contributed by atoms with E-state index in [0.717, 1.165) is 6.54 Å². The topological polar surface area (TPSA) is 26.0 Å². The third kappa shape index (κ3) is 8.10. The van der Waals surface area contributed by atoms with Crippen LogP contribution >= 0.6 is 0 Å². The quantitative estimate of drug-likeness (QED) is 0.0529. The Labute approximate surface area is 339 Å². The van der Waals surface area contributed by atoms with Gasteiger partial charge in [-0.2, -0.15) is 4.57 Å². The largest absolute Gasteiger partial charge is 0.468 e. The molecule has 334 valence electrons. The van der Waals surface area contributed by atoms with Gasteiger partial charge in [-0.05, 0) is 20.8 Å². The summed E-state index contributed by atoms with van der Waals surface area (Å²) in [6.45, 7) is 6.87. The predicted molar refractivity (Wildman–Crippen MR) is 180 cm³/mol. The minimum atomic E-state index is -7.22. The average molecular weight is 922 g/mol. The number of aromatic nitrogens is 2. The number of hydrogen-bond acceptors (Lipinski definition) is 2. The summed E-state index contributed by atoms with van der Waals surface area (Å²) >= 11 is 0. The Hall–Kier alpha value is -6.36. The van der Waals surface area contributed by atoms with E-state index in [4.69, 9.17) is 4.74 Å². The van der Waals surface area contributed by atoms with E-state index in [-0.39, 0.29) is 5.60 Å². The molecule has 0 bridgehead atoms. The molecule has 63 heavy (non-hydrogen) atoms.